The minimum atomic E-state index is 0. The molecule has 0 aromatic carbocycles. The van der Waals surface area contributed by atoms with E-state index >= 15 is 0 Å². The number of pyridine rings is 1. The molecule has 0 spiro atoms. The van der Waals surface area contributed by atoms with Crippen molar-refractivity contribution in [2.75, 3.05) is 0 Å². The van der Waals surface area contributed by atoms with E-state index in [1.807, 2.05) is 0 Å². The van der Waals surface area contributed by atoms with Gasteiger partial charge in [-0.3, -0.25) is 0 Å². The molecule has 0 atom stereocenters. The van der Waals surface area contributed by atoms with Gasteiger partial charge in [-0.15, -0.1) is 0 Å². The molecule has 1 rings (SSSR count). The van der Waals surface area contributed by atoms with Crippen LogP contribution in [0, 0.1) is 4.64 Å². The van der Waals surface area contributed by atoms with Gasteiger partial charge in [0.15, 0.2) is 0 Å². The first-order chi connectivity index (χ1) is 3.80. The van der Waals surface area contributed by atoms with Gasteiger partial charge in [0.2, 0.25) is 0 Å². The molecule has 0 unspecified atom stereocenters. The van der Waals surface area contributed by atoms with Gasteiger partial charge in [-0.1, -0.05) is 18.3 Å². The smallest absolute Gasteiger partial charge is 0.142 e. The van der Waals surface area contributed by atoms with Gasteiger partial charge in [0.25, 0.3) is 0 Å². The van der Waals surface area contributed by atoms with Crippen molar-refractivity contribution in [2.45, 2.75) is 0 Å². The van der Waals surface area contributed by atoms with E-state index in [0.717, 1.165) is 4.73 Å². The first-order valence-corrected chi connectivity index (χ1v) is 2.58. The minimum Gasteiger partial charge on any atom is -1.00 e. The van der Waals surface area contributed by atoms with Gasteiger partial charge in [-0.25, -0.2) is 0 Å². The van der Waals surface area contributed by atoms with Gasteiger partial charge in [-0.2, -0.15) is 4.73 Å². The SMILES string of the molecule is On1ccccc1=S.[Au].[Cl-].[Cl-]. The Labute approximate surface area is 97.9 Å². The molecule has 0 aliphatic rings. The zero-order valence-electron chi connectivity index (χ0n) is 5.17. The first kappa shape index (κ1) is 17.5. The standard InChI is InChI=1S/C5H5NOS.Au.2ClH/c7-6-4-2-1-3-5(6)8;;;/h1-4,7H;;2*1H/p-2. The Morgan fingerprint density at radius 1 is 1.27 bits per heavy atom. The number of aromatic nitrogens is 1. The van der Waals surface area contributed by atoms with E-state index in [2.05, 4.69) is 12.2 Å². The third kappa shape index (κ3) is 5.73. The maximum absolute atomic E-state index is 8.73. The second-order valence-corrected chi connectivity index (χ2v) is 1.80. The van der Waals surface area contributed by atoms with Crippen LogP contribution in [0.2, 0.25) is 0 Å². The predicted molar refractivity (Wildman–Crippen MR) is 32.5 cm³/mol. The summed E-state index contributed by atoms with van der Waals surface area (Å²) in [5.74, 6) is 0. The number of hydrogen-bond donors (Lipinski definition) is 1. The summed E-state index contributed by atoms with van der Waals surface area (Å²) in [5, 5.41) is 8.73. The van der Waals surface area contributed by atoms with E-state index < -0.39 is 0 Å². The minimum absolute atomic E-state index is 0. The molecule has 11 heavy (non-hydrogen) atoms. The topological polar surface area (TPSA) is 25.2 Å². The molecular weight excluding hydrogens is 390 g/mol. The van der Waals surface area contributed by atoms with Crippen molar-refractivity contribution in [2.24, 2.45) is 0 Å². The Morgan fingerprint density at radius 3 is 2.09 bits per heavy atom. The first-order valence-electron chi connectivity index (χ1n) is 2.17. The maximum Gasteiger partial charge on any atom is 0.142 e. The Balaban J connectivity index is -0.000000213. The summed E-state index contributed by atoms with van der Waals surface area (Å²) in [4.78, 5) is 0. The molecule has 6 heteroatoms. The van der Waals surface area contributed by atoms with Crippen molar-refractivity contribution in [1.82, 2.24) is 4.73 Å². The van der Waals surface area contributed by atoms with Gasteiger partial charge in [0.1, 0.15) is 4.64 Å². The van der Waals surface area contributed by atoms with Crippen molar-refractivity contribution in [3.63, 3.8) is 0 Å². The summed E-state index contributed by atoms with van der Waals surface area (Å²) < 4.78 is 1.32. The second kappa shape index (κ2) is 8.59. The van der Waals surface area contributed by atoms with Crippen LogP contribution in [0.3, 0.4) is 0 Å². The number of hydrogen-bond acceptors (Lipinski definition) is 2. The van der Waals surface area contributed by atoms with Gasteiger partial charge >= 0.3 is 0 Å². The van der Waals surface area contributed by atoms with Crippen LogP contribution >= 0.6 is 12.2 Å². The van der Waals surface area contributed by atoms with Crippen LogP contribution in [0.4, 0.5) is 0 Å². The van der Waals surface area contributed by atoms with Crippen LogP contribution < -0.4 is 24.8 Å². The largest absolute Gasteiger partial charge is 1.00 e. The molecule has 0 aliphatic carbocycles. The van der Waals surface area contributed by atoms with Gasteiger partial charge < -0.3 is 30.0 Å². The Morgan fingerprint density at radius 2 is 1.82 bits per heavy atom. The maximum atomic E-state index is 8.73. The molecule has 0 saturated carbocycles. The second-order valence-electron chi connectivity index (χ2n) is 1.38. The van der Waals surface area contributed by atoms with Gasteiger partial charge in [-0.05, 0) is 12.1 Å². The summed E-state index contributed by atoms with van der Waals surface area (Å²) in [5.41, 5.74) is 0. The van der Waals surface area contributed by atoms with E-state index in [-0.39, 0.29) is 47.2 Å². The summed E-state index contributed by atoms with van der Waals surface area (Å²) in [6.45, 7) is 0. The van der Waals surface area contributed by atoms with Crippen molar-refractivity contribution < 1.29 is 52.4 Å². The van der Waals surface area contributed by atoms with Crippen molar-refractivity contribution in [3.8, 4) is 0 Å². The Kier molecular flexibility index (Phi) is 13.7. The fraction of sp³-hybridized carbons (Fsp3) is 0. The monoisotopic (exact) mass is 394 g/mol. The van der Waals surface area contributed by atoms with Gasteiger partial charge in [0.05, 0.1) is 0 Å². The third-order valence-electron chi connectivity index (χ3n) is 0.803. The number of rotatable bonds is 0. The van der Waals surface area contributed by atoms with Crippen molar-refractivity contribution >= 4 is 12.2 Å². The molecule has 0 aliphatic heterocycles. The molecule has 2 nitrogen and oxygen atoms in total. The van der Waals surface area contributed by atoms with Crippen LogP contribution in [0.15, 0.2) is 24.4 Å². The summed E-state index contributed by atoms with van der Waals surface area (Å²) in [6, 6.07) is 5.13. The summed E-state index contributed by atoms with van der Waals surface area (Å²) in [7, 11) is 0. The number of halogens is 2. The Hall–Kier alpha value is 0.490. The zero-order valence-corrected chi connectivity index (χ0v) is 9.66. The molecule has 1 heterocycles. The summed E-state index contributed by atoms with van der Waals surface area (Å²) in [6.07, 6.45) is 1.49. The van der Waals surface area contributed by atoms with Crippen LogP contribution in [0.1, 0.15) is 0 Å². The van der Waals surface area contributed by atoms with E-state index in [4.69, 9.17) is 5.21 Å². The molecule has 69 valence electrons. The van der Waals surface area contributed by atoms with Crippen LogP contribution in [-0.2, 0) is 22.4 Å². The van der Waals surface area contributed by atoms with Crippen molar-refractivity contribution in [1.29, 1.82) is 0 Å². The average Bonchev–Trinajstić information content (AvgIpc) is 1.77. The van der Waals surface area contributed by atoms with E-state index in [1.54, 1.807) is 18.2 Å². The van der Waals surface area contributed by atoms with E-state index in [1.165, 1.54) is 6.20 Å². The zero-order chi connectivity index (χ0) is 5.98. The Bertz CT molecular complexity index is 242. The molecule has 0 fully saturated rings. The molecule has 1 N–H and O–H groups in total. The normalized spacial score (nSPS) is 6.55. The number of nitrogens with zero attached hydrogens (tertiary/aromatic N) is 1. The molecule has 0 bridgehead atoms. The van der Waals surface area contributed by atoms with Gasteiger partial charge in [0, 0.05) is 28.6 Å². The fourth-order valence-electron chi connectivity index (χ4n) is 0.419. The molecule has 0 amide bonds. The quantitative estimate of drug-likeness (QED) is 0.272. The van der Waals surface area contributed by atoms with E-state index in [9.17, 15) is 0 Å². The van der Waals surface area contributed by atoms with Crippen LogP contribution in [0.25, 0.3) is 0 Å². The molecule has 1 radical (unpaired) electrons. The fourth-order valence-corrected chi connectivity index (χ4v) is 0.558. The van der Waals surface area contributed by atoms with Crippen LogP contribution in [-0.4, -0.2) is 9.94 Å². The predicted octanol–water partition coefficient (Wildman–Crippen LogP) is -4.54. The molecule has 1 aromatic rings. The molecule has 0 saturated heterocycles. The van der Waals surface area contributed by atoms with Crippen LogP contribution in [0.5, 0.6) is 0 Å². The average molecular weight is 395 g/mol. The van der Waals surface area contributed by atoms with Crippen molar-refractivity contribution in [3.05, 3.63) is 29.0 Å². The molecular formula is C5H5AuCl2NOS-2. The van der Waals surface area contributed by atoms with E-state index in [0.29, 0.717) is 4.64 Å². The summed E-state index contributed by atoms with van der Waals surface area (Å²) >= 11 is 4.67. The third-order valence-corrected chi connectivity index (χ3v) is 1.13. The molecule has 1 aromatic heterocycles.